The molecule has 21 heavy (non-hydrogen) atoms. The first-order valence-corrected chi connectivity index (χ1v) is 7.03. The third-order valence-electron chi connectivity index (χ3n) is 3.23. The van der Waals surface area contributed by atoms with E-state index in [-0.39, 0.29) is 5.41 Å². The molecule has 0 saturated heterocycles. The highest BCUT2D eigenvalue weighted by Gasteiger charge is 2.17. The zero-order valence-electron chi connectivity index (χ0n) is 12.0. The number of tetrazole rings is 1. The minimum atomic E-state index is 0.0177. The number of benzene rings is 1. The van der Waals surface area contributed by atoms with Crippen LogP contribution >= 0.6 is 11.6 Å². The Morgan fingerprint density at radius 2 is 2.24 bits per heavy atom. The van der Waals surface area contributed by atoms with E-state index in [9.17, 15) is 0 Å². The van der Waals surface area contributed by atoms with E-state index in [4.69, 9.17) is 16.9 Å². The van der Waals surface area contributed by atoms with Gasteiger partial charge in [-0.2, -0.15) is 5.26 Å². The van der Waals surface area contributed by atoms with Gasteiger partial charge in [-0.05, 0) is 40.5 Å². The molecular formula is C14H17ClN6. The first-order chi connectivity index (χ1) is 10.0. The molecule has 0 aliphatic rings. The Balaban J connectivity index is 2.10. The second-order valence-electron chi connectivity index (χ2n) is 5.59. The van der Waals surface area contributed by atoms with Crippen LogP contribution in [-0.4, -0.2) is 26.8 Å². The fraction of sp³-hybridized carbons (Fsp3) is 0.429. The Kier molecular flexibility index (Phi) is 4.76. The van der Waals surface area contributed by atoms with Crippen LogP contribution in [0.25, 0.3) is 5.69 Å². The van der Waals surface area contributed by atoms with Gasteiger partial charge in [0.25, 0.3) is 0 Å². The number of halogens is 1. The highest BCUT2D eigenvalue weighted by Crippen LogP contribution is 2.28. The van der Waals surface area contributed by atoms with Gasteiger partial charge in [0.15, 0.2) is 0 Å². The molecule has 1 aromatic carbocycles. The van der Waals surface area contributed by atoms with Gasteiger partial charge in [0.05, 0.1) is 22.5 Å². The third kappa shape index (κ3) is 4.17. The lowest BCUT2D eigenvalue weighted by molar-refractivity contribution is 0.364. The normalized spacial score (nSPS) is 11.1. The molecule has 2 rings (SSSR count). The van der Waals surface area contributed by atoms with E-state index in [1.54, 1.807) is 4.68 Å². The number of hydrogen-bond donors (Lipinski definition) is 1. The largest absolute Gasteiger partial charge is 0.383 e. The van der Waals surface area contributed by atoms with Crippen molar-refractivity contribution < 1.29 is 0 Å². The summed E-state index contributed by atoms with van der Waals surface area (Å²) >= 11 is 6.22. The molecule has 1 aromatic heterocycles. The summed E-state index contributed by atoms with van der Waals surface area (Å²) in [4.78, 5) is 0. The van der Waals surface area contributed by atoms with Crippen molar-refractivity contribution in [3.8, 4) is 11.8 Å². The van der Waals surface area contributed by atoms with E-state index < -0.39 is 0 Å². The first kappa shape index (κ1) is 15.3. The fourth-order valence-corrected chi connectivity index (χ4v) is 2.07. The average molecular weight is 305 g/mol. The molecule has 0 atom stereocenters. The van der Waals surface area contributed by atoms with E-state index in [1.807, 2.05) is 18.2 Å². The Labute approximate surface area is 128 Å². The van der Waals surface area contributed by atoms with E-state index >= 15 is 0 Å². The molecule has 6 nitrogen and oxygen atoms in total. The highest BCUT2D eigenvalue weighted by atomic mass is 35.5. The molecule has 110 valence electrons. The standard InChI is InChI=1S/C14H17ClN6/c1-14(2,6-3-7-16)9-17-13-8-11(4-5-12(13)15)21-10-18-19-20-21/h4-5,8,10,17H,3,6,9H2,1-2H3. The molecule has 0 aliphatic heterocycles. The van der Waals surface area contributed by atoms with Crippen molar-refractivity contribution >= 4 is 17.3 Å². The van der Waals surface area contributed by atoms with Crippen molar-refractivity contribution in [3.05, 3.63) is 29.5 Å². The smallest absolute Gasteiger partial charge is 0.143 e. The predicted octanol–water partition coefficient (Wildman–Crippen LogP) is 3.06. The Morgan fingerprint density at radius 3 is 2.90 bits per heavy atom. The van der Waals surface area contributed by atoms with Gasteiger partial charge in [-0.1, -0.05) is 25.4 Å². The lowest BCUT2D eigenvalue weighted by Gasteiger charge is -2.24. The Bertz CT molecular complexity index is 629. The van der Waals surface area contributed by atoms with Crippen LogP contribution in [0.2, 0.25) is 5.02 Å². The van der Waals surface area contributed by atoms with Crippen molar-refractivity contribution in [2.24, 2.45) is 5.41 Å². The Hall–Kier alpha value is -2.13. The molecule has 1 heterocycles. The second-order valence-corrected chi connectivity index (χ2v) is 6.00. The molecule has 0 amide bonds. The molecule has 1 N–H and O–H groups in total. The van der Waals surface area contributed by atoms with Gasteiger partial charge < -0.3 is 5.32 Å². The minimum absolute atomic E-state index is 0.0177. The maximum absolute atomic E-state index is 8.69. The van der Waals surface area contributed by atoms with Crippen molar-refractivity contribution in [3.63, 3.8) is 0 Å². The van der Waals surface area contributed by atoms with Gasteiger partial charge in [0.2, 0.25) is 0 Å². The molecule has 2 aromatic rings. The summed E-state index contributed by atoms with van der Waals surface area (Å²) < 4.78 is 1.57. The number of nitrogens with zero attached hydrogens (tertiary/aromatic N) is 5. The van der Waals surface area contributed by atoms with Crippen LogP contribution in [-0.2, 0) is 0 Å². The molecule has 0 aliphatic carbocycles. The van der Waals surface area contributed by atoms with Crippen LogP contribution in [0.4, 0.5) is 5.69 Å². The van der Waals surface area contributed by atoms with Crippen molar-refractivity contribution in [2.45, 2.75) is 26.7 Å². The highest BCUT2D eigenvalue weighted by molar-refractivity contribution is 6.33. The number of hydrogen-bond acceptors (Lipinski definition) is 5. The zero-order valence-corrected chi connectivity index (χ0v) is 12.8. The molecular weight excluding hydrogens is 288 g/mol. The summed E-state index contributed by atoms with van der Waals surface area (Å²) in [7, 11) is 0. The van der Waals surface area contributed by atoms with Crippen molar-refractivity contribution in [2.75, 3.05) is 11.9 Å². The fourth-order valence-electron chi connectivity index (χ4n) is 1.89. The van der Waals surface area contributed by atoms with Crippen LogP contribution in [0, 0.1) is 16.7 Å². The summed E-state index contributed by atoms with van der Waals surface area (Å²) in [6, 6.07) is 7.74. The van der Waals surface area contributed by atoms with Crippen LogP contribution in [0.5, 0.6) is 0 Å². The Morgan fingerprint density at radius 1 is 1.43 bits per heavy atom. The van der Waals surface area contributed by atoms with Crippen LogP contribution in [0.3, 0.4) is 0 Å². The molecule has 0 spiro atoms. The van der Waals surface area contributed by atoms with Crippen LogP contribution in [0.1, 0.15) is 26.7 Å². The van der Waals surface area contributed by atoms with E-state index in [0.717, 1.165) is 24.3 Å². The maximum atomic E-state index is 8.69. The average Bonchev–Trinajstić information content (AvgIpc) is 2.98. The monoisotopic (exact) mass is 304 g/mol. The first-order valence-electron chi connectivity index (χ1n) is 6.65. The summed E-state index contributed by atoms with van der Waals surface area (Å²) in [5, 5.41) is 23.8. The number of rotatable bonds is 6. The van der Waals surface area contributed by atoms with E-state index in [2.05, 4.69) is 40.8 Å². The number of anilines is 1. The van der Waals surface area contributed by atoms with Gasteiger partial charge in [0, 0.05) is 13.0 Å². The van der Waals surface area contributed by atoms with Gasteiger partial charge in [0.1, 0.15) is 6.33 Å². The maximum Gasteiger partial charge on any atom is 0.143 e. The number of aromatic nitrogens is 4. The zero-order chi connectivity index (χ0) is 15.3. The lowest BCUT2D eigenvalue weighted by Crippen LogP contribution is -2.23. The van der Waals surface area contributed by atoms with E-state index in [1.165, 1.54) is 6.33 Å². The van der Waals surface area contributed by atoms with Crippen LogP contribution in [0.15, 0.2) is 24.5 Å². The summed E-state index contributed by atoms with van der Waals surface area (Å²) in [6.45, 7) is 4.97. The van der Waals surface area contributed by atoms with Gasteiger partial charge in [-0.25, -0.2) is 4.68 Å². The molecule has 0 bridgehead atoms. The lowest BCUT2D eigenvalue weighted by atomic mass is 9.88. The molecule has 0 unspecified atom stereocenters. The molecule has 0 fully saturated rings. The summed E-state index contributed by atoms with van der Waals surface area (Å²) in [6.07, 6.45) is 2.91. The van der Waals surface area contributed by atoms with Crippen molar-refractivity contribution in [1.29, 1.82) is 5.26 Å². The quantitative estimate of drug-likeness (QED) is 0.887. The second kappa shape index (κ2) is 6.55. The summed E-state index contributed by atoms with van der Waals surface area (Å²) in [5.41, 5.74) is 1.68. The van der Waals surface area contributed by atoms with Crippen molar-refractivity contribution in [1.82, 2.24) is 20.2 Å². The summed E-state index contributed by atoms with van der Waals surface area (Å²) in [5.74, 6) is 0. The third-order valence-corrected chi connectivity index (χ3v) is 3.56. The number of nitriles is 1. The van der Waals surface area contributed by atoms with Crippen LogP contribution < -0.4 is 5.32 Å². The minimum Gasteiger partial charge on any atom is -0.383 e. The molecule has 7 heteroatoms. The predicted molar refractivity (Wildman–Crippen MR) is 81.3 cm³/mol. The number of nitrogens with one attached hydrogen (secondary N) is 1. The van der Waals surface area contributed by atoms with Gasteiger partial charge in [-0.3, -0.25) is 0 Å². The molecule has 0 radical (unpaired) electrons. The van der Waals surface area contributed by atoms with Gasteiger partial charge >= 0.3 is 0 Å². The van der Waals surface area contributed by atoms with E-state index in [0.29, 0.717) is 11.4 Å². The molecule has 0 saturated carbocycles. The SMILES string of the molecule is CC(C)(CCC#N)CNc1cc(-n2cnnn2)ccc1Cl. The topological polar surface area (TPSA) is 79.4 Å². The van der Waals surface area contributed by atoms with Gasteiger partial charge in [-0.15, -0.1) is 5.10 Å².